The number of ether oxygens (including phenoxy) is 1. The van der Waals surface area contributed by atoms with Crippen molar-refractivity contribution in [1.29, 1.82) is 0 Å². The van der Waals surface area contributed by atoms with E-state index in [1.54, 1.807) is 6.92 Å². The maximum atomic E-state index is 13.6. The van der Waals surface area contributed by atoms with Gasteiger partial charge in [-0.3, -0.25) is 5.43 Å². The van der Waals surface area contributed by atoms with Crippen LogP contribution in [0.5, 0.6) is 0 Å². The van der Waals surface area contributed by atoms with E-state index in [1.165, 1.54) is 12.1 Å². The van der Waals surface area contributed by atoms with Gasteiger partial charge in [0.2, 0.25) is 0 Å². The Morgan fingerprint density at radius 2 is 2.29 bits per heavy atom. The fraction of sp³-hybridized carbons (Fsp3) is 0.429. The van der Waals surface area contributed by atoms with Gasteiger partial charge in [-0.2, -0.15) is 5.10 Å². The Balaban J connectivity index is 1.85. The summed E-state index contributed by atoms with van der Waals surface area (Å²) in [6.45, 7) is 3.02. The van der Waals surface area contributed by atoms with E-state index < -0.39 is 11.6 Å². The van der Waals surface area contributed by atoms with Crippen molar-refractivity contribution in [3.63, 3.8) is 0 Å². The standard InChI is InChI=1S/C14H17F2N3OS/c1-9(12-5-4-10(15)7-13(12)16)18-19-14(21)17-8-11-3-2-6-20-11/h4-5,7,11H,2-3,6,8H2,1H3,(H2,17,19,21). The largest absolute Gasteiger partial charge is 0.376 e. The summed E-state index contributed by atoms with van der Waals surface area (Å²) in [5, 5.41) is 7.32. The molecule has 114 valence electrons. The molecule has 1 atom stereocenters. The van der Waals surface area contributed by atoms with Gasteiger partial charge in [-0.15, -0.1) is 0 Å². The van der Waals surface area contributed by atoms with E-state index in [4.69, 9.17) is 17.0 Å². The molecule has 1 aliphatic heterocycles. The highest BCUT2D eigenvalue weighted by atomic mass is 32.1. The average Bonchev–Trinajstić information content (AvgIpc) is 2.95. The summed E-state index contributed by atoms with van der Waals surface area (Å²) in [7, 11) is 0. The lowest BCUT2D eigenvalue weighted by molar-refractivity contribution is 0.114. The van der Waals surface area contributed by atoms with Crippen molar-refractivity contribution in [3.05, 3.63) is 35.4 Å². The van der Waals surface area contributed by atoms with Crippen LogP contribution in [0.25, 0.3) is 0 Å². The molecular formula is C14H17F2N3OS. The maximum absolute atomic E-state index is 13.6. The zero-order chi connectivity index (χ0) is 15.2. The third-order valence-electron chi connectivity index (χ3n) is 3.16. The summed E-state index contributed by atoms with van der Waals surface area (Å²) < 4.78 is 31.9. The lowest BCUT2D eigenvalue weighted by Crippen LogP contribution is -2.37. The minimum atomic E-state index is -0.656. The molecule has 1 heterocycles. The van der Waals surface area contributed by atoms with Gasteiger partial charge in [-0.25, -0.2) is 8.78 Å². The van der Waals surface area contributed by atoms with E-state index in [0.717, 1.165) is 25.5 Å². The molecule has 21 heavy (non-hydrogen) atoms. The smallest absolute Gasteiger partial charge is 0.187 e. The summed E-state index contributed by atoms with van der Waals surface area (Å²) in [6.07, 6.45) is 2.25. The quantitative estimate of drug-likeness (QED) is 0.509. The van der Waals surface area contributed by atoms with E-state index in [-0.39, 0.29) is 11.7 Å². The molecule has 1 saturated heterocycles. The van der Waals surface area contributed by atoms with Crippen LogP contribution in [0.1, 0.15) is 25.3 Å². The predicted octanol–water partition coefficient (Wildman–Crippen LogP) is 2.33. The van der Waals surface area contributed by atoms with Crippen LogP contribution in [0, 0.1) is 11.6 Å². The Bertz CT molecular complexity index is 545. The number of hydrogen-bond donors (Lipinski definition) is 2. The highest BCUT2D eigenvalue weighted by Gasteiger charge is 2.15. The van der Waals surface area contributed by atoms with Crippen molar-refractivity contribution >= 4 is 23.0 Å². The fourth-order valence-corrected chi connectivity index (χ4v) is 2.16. The normalized spacial score (nSPS) is 18.6. The van der Waals surface area contributed by atoms with Gasteiger partial charge >= 0.3 is 0 Å². The van der Waals surface area contributed by atoms with Crippen LogP contribution in [0.15, 0.2) is 23.3 Å². The van der Waals surface area contributed by atoms with E-state index in [0.29, 0.717) is 17.4 Å². The molecule has 7 heteroatoms. The number of hydrazone groups is 1. The maximum Gasteiger partial charge on any atom is 0.187 e. The van der Waals surface area contributed by atoms with Gasteiger partial charge in [0.15, 0.2) is 5.11 Å². The number of benzene rings is 1. The first-order valence-electron chi connectivity index (χ1n) is 6.71. The molecule has 1 aliphatic rings. The summed E-state index contributed by atoms with van der Waals surface area (Å²) in [5.74, 6) is -1.28. The van der Waals surface area contributed by atoms with Crippen molar-refractivity contribution in [2.45, 2.75) is 25.9 Å². The van der Waals surface area contributed by atoms with Crippen LogP contribution in [-0.2, 0) is 4.74 Å². The molecule has 1 unspecified atom stereocenters. The molecule has 1 aromatic carbocycles. The van der Waals surface area contributed by atoms with Crippen molar-refractivity contribution < 1.29 is 13.5 Å². The molecule has 0 aromatic heterocycles. The SMILES string of the molecule is CC(=NNC(=S)NCC1CCCO1)c1ccc(F)cc1F. The highest BCUT2D eigenvalue weighted by molar-refractivity contribution is 7.80. The van der Waals surface area contributed by atoms with Crippen LogP contribution in [0.4, 0.5) is 8.78 Å². The molecule has 2 N–H and O–H groups in total. The molecule has 4 nitrogen and oxygen atoms in total. The van der Waals surface area contributed by atoms with Gasteiger partial charge in [0.25, 0.3) is 0 Å². The van der Waals surface area contributed by atoms with Crippen molar-refractivity contribution in [2.24, 2.45) is 5.10 Å². The Labute approximate surface area is 127 Å². The first-order valence-corrected chi connectivity index (χ1v) is 7.12. The Hall–Kier alpha value is -1.60. The first-order chi connectivity index (χ1) is 10.1. The number of nitrogens with one attached hydrogen (secondary N) is 2. The molecule has 0 aliphatic carbocycles. The molecule has 2 rings (SSSR count). The Morgan fingerprint density at radius 1 is 1.48 bits per heavy atom. The van der Waals surface area contributed by atoms with Crippen LogP contribution in [-0.4, -0.2) is 30.1 Å². The van der Waals surface area contributed by atoms with Crippen LogP contribution in [0.3, 0.4) is 0 Å². The minimum absolute atomic E-state index is 0.171. The summed E-state index contributed by atoms with van der Waals surface area (Å²) in [6, 6.07) is 3.35. The number of thiocarbonyl (C=S) groups is 1. The van der Waals surface area contributed by atoms with E-state index >= 15 is 0 Å². The molecule has 0 saturated carbocycles. The zero-order valence-electron chi connectivity index (χ0n) is 11.7. The van der Waals surface area contributed by atoms with E-state index in [1.807, 2.05) is 0 Å². The Kier molecular flexibility index (Phi) is 5.58. The minimum Gasteiger partial charge on any atom is -0.376 e. The molecule has 1 aromatic rings. The van der Waals surface area contributed by atoms with E-state index in [2.05, 4.69) is 15.8 Å². The lowest BCUT2D eigenvalue weighted by Gasteiger charge is -2.12. The first kappa shape index (κ1) is 15.8. The highest BCUT2D eigenvalue weighted by Crippen LogP contribution is 2.11. The molecule has 0 spiro atoms. The van der Waals surface area contributed by atoms with Crippen LogP contribution >= 0.6 is 12.2 Å². The topological polar surface area (TPSA) is 45.7 Å². The molecule has 0 radical (unpaired) electrons. The Morgan fingerprint density at radius 3 is 2.95 bits per heavy atom. The van der Waals surface area contributed by atoms with Gasteiger partial charge in [0.05, 0.1) is 11.8 Å². The second kappa shape index (κ2) is 7.42. The molecule has 1 fully saturated rings. The van der Waals surface area contributed by atoms with Crippen molar-refractivity contribution in [1.82, 2.24) is 10.7 Å². The number of hydrogen-bond acceptors (Lipinski definition) is 3. The number of halogens is 2. The number of rotatable bonds is 4. The lowest BCUT2D eigenvalue weighted by atomic mass is 10.1. The molecule has 0 bridgehead atoms. The van der Waals surface area contributed by atoms with Gasteiger partial charge in [-0.1, -0.05) is 0 Å². The summed E-state index contributed by atoms with van der Waals surface area (Å²) in [5.41, 5.74) is 3.25. The second-order valence-corrected chi connectivity index (χ2v) is 5.19. The van der Waals surface area contributed by atoms with Gasteiger partial charge < -0.3 is 10.1 Å². The zero-order valence-corrected chi connectivity index (χ0v) is 12.5. The molecular weight excluding hydrogens is 296 g/mol. The van der Waals surface area contributed by atoms with Gasteiger partial charge in [0, 0.05) is 24.8 Å². The number of nitrogens with zero attached hydrogens (tertiary/aromatic N) is 1. The summed E-state index contributed by atoms with van der Waals surface area (Å²) >= 11 is 5.07. The van der Waals surface area contributed by atoms with Crippen LogP contribution < -0.4 is 10.7 Å². The molecule has 0 amide bonds. The monoisotopic (exact) mass is 313 g/mol. The predicted molar refractivity (Wildman–Crippen MR) is 81.3 cm³/mol. The van der Waals surface area contributed by atoms with Crippen molar-refractivity contribution in [2.75, 3.05) is 13.2 Å². The van der Waals surface area contributed by atoms with Crippen LogP contribution in [0.2, 0.25) is 0 Å². The third-order valence-corrected chi connectivity index (χ3v) is 3.40. The average molecular weight is 313 g/mol. The summed E-state index contributed by atoms with van der Waals surface area (Å²) in [4.78, 5) is 0. The second-order valence-electron chi connectivity index (χ2n) is 4.78. The fourth-order valence-electron chi connectivity index (χ4n) is 2.03. The van der Waals surface area contributed by atoms with Gasteiger partial charge in [0.1, 0.15) is 11.6 Å². The van der Waals surface area contributed by atoms with Crippen molar-refractivity contribution in [3.8, 4) is 0 Å². The van der Waals surface area contributed by atoms with E-state index in [9.17, 15) is 8.78 Å². The third kappa shape index (κ3) is 4.71. The van der Waals surface area contributed by atoms with Gasteiger partial charge in [-0.05, 0) is 44.1 Å².